The molecule has 1 aromatic heterocycles. The molecular formula is C21H18ClFN4O4. The number of ether oxygens (including phenoxy) is 1. The monoisotopic (exact) mass is 444 g/mol. The number of esters is 1. The number of anilines is 1. The van der Waals surface area contributed by atoms with Crippen LogP contribution in [0.15, 0.2) is 54.7 Å². The molecule has 1 unspecified atom stereocenters. The first-order valence-corrected chi connectivity index (χ1v) is 9.64. The van der Waals surface area contributed by atoms with Crippen molar-refractivity contribution in [1.82, 2.24) is 15.0 Å². The van der Waals surface area contributed by atoms with Gasteiger partial charge in [-0.05, 0) is 31.2 Å². The van der Waals surface area contributed by atoms with Gasteiger partial charge in [0.2, 0.25) is 5.91 Å². The van der Waals surface area contributed by atoms with E-state index in [0.29, 0.717) is 0 Å². The lowest BCUT2D eigenvalue weighted by Gasteiger charge is -2.26. The Labute approximate surface area is 182 Å². The number of hydrogen-bond donors (Lipinski definition) is 0. The van der Waals surface area contributed by atoms with E-state index in [2.05, 4.69) is 10.3 Å². The molecule has 0 saturated heterocycles. The average molecular weight is 445 g/mol. The van der Waals surface area contributed by atoms with Gasteiger partial charge in [-0.25, -0.2) is 13.9 Å². The van der Waals surface area contributed by atoms with Gasteiger partial charge in [-0.15, -0.1) is 5.10 Å². The van der Waals surface area contributed by atoms with Crippen molar-refractivity contribution in [3.63, 3.8) is 0 Å². The molecule has 10 heteroatoms. The highest BCUT2D eigenvalue weighted by atomic mass is 35.5. The summed E-state index contributed by atoms with van der Waals surface area (Å²) >= 11 is 5.97. The van der Waals surface area contributed by atoms with E-state index in [4.69, 9.17) is 16.3 Å². The van der Waals surface area contributed by atoms with Crippen molar-refractivity contribution in [2.75, 3.05) is 11.5 Å². The molecule has 0 aliphatic carbocycles. The number of carbonyl (C=O) groups excluding carboxylic acids is 3. The molecule has 0 N–H and O–H groups in total. The van der Waals surface area contributed by atoms with Crippen LogP contribution in [0.25, 0.3) is 5.69 Å². The van der Waals surface area contributed by atoms with E-state index in [0.717, 1.165) is 9.58 Å². The third-order valence-corrected chi connectivity index (χ3v) is 4.53. The van der Waals surface area contributed by atoms with Crippen LogP contribution in [-0.4, -0.2) is 45.3 Å². The van der Waals surface area contributed by atoms with Crippen LogP contribution in [0.4, 0.5) is 10.2 Å². The molecule has 0 aliphatic rings. The summed E-state index contributed by atoms with van der Waals surface area (Å²) in [6, 6.07) is 10.1. The number of aromatic nitrogens is 3. The van der Waals surface area contributed by atoms with Gasteiger partial charge in [0.25, 0.3) is 0 Å². The lowest BCUT2D eigenvalue weighted by Crippen LogP contribution is -2.50. The van der Waals surface area contributed by atoms with E-state index < -0.39 is 29.5 Å². The van der Waals surface area contributed by atoms with Gasteiger partial charge in [-0.2, -0.15) is 0 Å². The largest absolute Gasteiger partial charge is 0.464 e. The molecule has 0 bridgehead atoms. The molecule has 0 radical (unpaired) electrons. The minimum atomic E-state index is -1.67. The Kier molecular flexibility index (Phi) is 6.76. The summed E-state index contributed by atoms with van der Waals surface area (Å²) in [7, 11) is 0. The normalized spacial score (nSPS) is 11.6. The van der Waals surface area contributed by atoms with Crippen LogP contribution in [0.3, 0.4) is 0 Å². The first kappa shape index (κ1) is 22.1. The zero-order chi connectivity index (χ0) is 22.5. The van der Waals surface area contributed by atoms with E-state index >= 15 is 0 Å². The summed E-state index contributed by atoms with van der Waals surface area (Å²) < 4.78 is 20.3. The maximum absolute atomic E-state index is 14.1. The first-order chi connectivity index (χ1) is 14.8. The first-order valence-electron chi connectivity index (χ1n) is 9.27. The highest BCUT2D eigenvalue weighted by molar-refractivity contribution is 6.31. The second-order valence-corrected chi connectivity index (χ2v) is 6.83. The maximum Gasteiger partial charge on any atom is 0.337 e. The van der Waals surface area contributed by atoms with Gasteiger partial charge in [0.05, 0.1) is 12.8 Å². The summed E-state index contributed by atoms with van der Waals surface area (Å²) in [5, 5.41) is 8.00. The molecule has 0 fully saturated rings. The predicted molar refractivity (Wildman–Crippen MR) is 111 cm³/mol. The van der Waals surface area contributed by atoms with Crippen molar-refractivity contribution in [3.8, 4) is 5.69 Å². The lowest BCUT2D eigenvalue weighted by atomic mass is 10.0. The molecule has 1 atom stereocenters. The number of benzene rings is 2. The summed E-state index contributed by atoms with van der Waals surface area (Å²) in [4.78, 5) is 39.3. The Morgan fingerprint density at radius 2 is 1.94 bits per heavy atom. The number of para-hydroxylation sites is 1. The van der Waals surface area contributed by atoms with E-state index in [-0.39, 0.29) is 28.7 Å². The van der Waals surface area contributed by atoms with Crippen LogP contribution >= 0.6 is 11.6 Å². The fourth-order valence-electron chi connectivity index (χ4n) is 2.95. The summed E-state index contributed by atoms with van der Waals surface area (Å²) in [6.07, 6.45) is 1.25. The fraction of sp³-hybridized carbons (Fsp3) is 0.190. The van der Waals surface area contributed by atoms with Crippen LogP contribution in [0.5, 0.6) is 0 Å². The minimum absolute atomic E-state index is 0.00811. The van der Waals surface area contributed by atoms with Crippen LogP contribution in [0, 0.1) is 5.82 Å². The number of carbonyl (C=O) groups is 3. The predicted octanol–water partition coefficient (Wildman–Crippen LogP) is 3.23. The van der Waals surface area contributed by atoms with E-state index in [9.17, 15) is 18.8 Å². The molecule has 0 saturated carbocycles. The van der Waals surface area contributed by atoms with Crippen molar-refractivity contribution in [3.05, 3.63) is 71.1 Å². The van der Waals surface area contributed by atoms with Crippen LogP contribution in [0.2, 0.25) is 5.02 Å². The Bertz CT molecular complexity index is 1130. The number of amides is 1. The molecule has 8 nitrogen and oxygen atoms in total. The van der Waals surface area contributed by atoms with E-state index in [1.807, 2.05) is 0 Å². The van der Waals surface area contributed by atoms with Crippen molar-refractivity contribution in [1.29, 1.82) is 0 Å². The van der Waals surface area contributed by atoms with Gasteiger partial charge < -0.3 is 4.74 Å². The second-order valence-electron chi connectivity index (χ2n) is 6.39. The van der Waals surface area contributed by atoms with E-state index in [1.165, 1.54) is 43.5 Å². The topological polar surface area (TPSA) is 94.4 Å². The summed E-state index contributed by atoms with van der Waals surface area (Å²) in [5.41, 5.74) is 0.192. The van der Waals surface area contributed by atoms with Gasteiger partial charge in [-0.3, -0.25) is 14.5 Å². The maximum atomic E-state index is 14.1. The van der Waals surface area contributed by atoms with Gasteiger partial charge in [0, 0.05) is 17.5 Å². The van der Waals surface area contributed by atoms with Crippen molar-refractivity contribution in [2.45, 2.75) is 19.9 Å². The van der Waals surface area contributed by atoms with Gasteiger partial charge in [0.15, 0.2) is 17.6 Å². The zero-order valence-corrected chi connectivity index (χ0v) is 17.4. The summed E-state index contributed by atoms with van der Waals surface area (Å²) in [6.45, 7) is 2.73. The molecule has 0 aliphatic heterocycles. The Hall–Kier alpha value is -3.59. The molecule has 0 spiro atoms. The number of halogens is 2. The third-order valence-electron chi connectivity index (χ3n) is 4.29. The third kappa shape index (κ3) is 4.77. The van der Waals surface area contributed by atoms with Crippen molar-refractivity contribution in [2.24, 2.45) is 0 Å². The number of rotatable bonds is 7. The Balaban J connectivity index is 2.07. The quantitative estimate of drug-likeness (QED) is 0.315. The van der Waals surface area contributed by atoms with Crippen LogP contribution in [0.1, 0.15) is 24.2 Å². The SMILES string of the molecule is CCOC(=O)C(C(=O)c1cccc(Cl)c1)N(C(C)=O)c1cn(-c2ccccc2F)nn1. The lowest BCUT2D eigenvalue weighted by molar-refractivity contribution is -0.144. The molecular weight excluding hydrogens is 427 g/mol. The zero-order valence-electron chi connectivity index (χ0n) is 16.7. The smallest absolute Gasteiger partial charge is 0.337 e. The molecule has 3 aromatic rings. The average Bonchev–Trinajstić information content (AvgIpc) is 3.20. The van der Waals surface area contributed by atoms with Crippen molar-refractivity contribution < 1.29 is 23.5 Å². The number of hydrogen-bond acceptors (Lipinski definition) is 6. The Morgan fingerprint density at radius 3 is 2.58 bits per heavy atom. The van der Waals surface area contributed by atoms with Gasteiger partial charge >= 0.3 is 5.97 Å². The van der Waals surface area contributed by atoms with Crippen molar-refractivity contribution >= 4 is 35.1 Å². The molecule has 3 rings (SSSR count). The highest BCUT2D eigenvalue weighted by Gasteiger charge is 2.39. The number of ketones is 1. The number of Topliss-reactive ketones (excluding diaryl/α,β-unsaturated/α-hetero) is 1. The van der Waals surface area contributed by atoms with Crippen LogP contribution in [-0.2, 0) is 14.3 Å². The summed E-state index contributed by atoms with van der Waals surface area (Å²) in [5.74, 6) is -3.00. The van der Waals surface area contributed by atoms with E-state index in [1.54, 1.807) is 25.1 Å². The molecule has 31 heavy (non-hydrogen) atoms. The minimum Gasteiger partial charge on any atom is -0.464 e. The van der Waals surface area contributed by atoms with Gasteiger partial charge in [-0.1, -0.05) is 41.1 Å². The standard InChI is InChI=1S/C21H18ClFN4O4/c1-3-31-21(30)19(20(29)14-7-6-8-15(22)11-14)27(13(2)28)18-12-26(25-24-18)17-10-5-4-9-16(17)23/h4-12,19H,3H2,1-2H3. The molecule has 160 valence electrons. The highest BCUT2D eigenvalue weighted by Crippen LogP contribution is 2.22. The molecule has 1 amide bonds. The molecule has 1 heterocycles. The number of nitrogens with zero attached hydrogens (tertiary/aromatic N) is 4. The fourth-order valence-corrected chi connectivity index (χ4v) is 3.14. The molecule has 2 aromatic carbocycles. The Morgan fingerprint density at radius 1 is 1.19 bits per heavy atom. The van der Waals surface area contributed by atoms with Crippen LogP contribution < -0.4 is 4.90 Å². The van der Waals surface area contributed by atoms with Gasteiger partial charge in [0.1, 0.15) is 11.5 Å². The second kappa shape index (κ2) is 9.48.